The molecule has 2 saturated carbocycles. The Bertz CT molecular complexity index is 1100. The topological polar surface area (TPSA) is 26.3 Å². The Morgan fingerprint density at radius 2 is 1.84 bits per heavy atom. The number of aryl methyl sites for hydroxylation is 1. The van der Waals surface area contributed by atoms with E-state index in [0.717, 1.165) is 32.1 Å². The molecule has 2 fully saturated rings. The van der Waals surface area contributed by atoms with E-state index in [4.69, 9.17) is 4.74 Å². The number of hydrogen-bond acceptors (Lipinski definition) is 2. The summed E-state index contributed by atoms with van der Waals surface area (Å²) in [6.07, 6.45) is 14.1. The Kier molecular flexibility index (Phi) is 9.69. The Morgan fingerprint density at radius 1 is 1.11 bits per heavy atom. The van der Waals surface area contributed by atoms with Crippen LogP contribution in [0.4, 0.5) is 0 Å². The first kappa shape index (κ1) is 28.8. The quantitative estimate of drug-likeness (QED) is 0.266. The van der Waals surface area contributed by atoms with Gasteiger partial charge in [-0.2, -0.15) is 0 Å². The van der Waals surface area contributed by atoms with Gasteiger partial charge in [0, 0.05) is 12.8 Å². The van der Waals surface area contributed by atoms with Gasteiger partial charge in [-0.3, -0.25) is 4.79 Å². The van der Waals surface area contributed by atoms with Gasteiger partial charge in [0.15, 0.2) is 0 Å². The van der Waals surface area contributed by atoms with Crippen molar-refractivity contribution >= 4 is 11.9 Å². The fourth-order valence-electron chi connectivity index (χ4n) is 6.82. The van der Waals surface area contributed by atoms with Crippen molar-refractivity contribution in [2.75, 3.05) is 0 Å². The highest BCUT2D eigenvalue weighted by Crippen LogP contribution is 2.48. The summed E-state index contributed by atoms with van der Waals surface area (Å²) in [4.78, 5) is 13.8. The Hall–Kier alpha value is -2.19. The molecule has 0 saturated heterocycles. The Balaban J connectivity index is 1.56. The molecule has 206 valence electrons. The minimum Gasteiger partial charge on any atom is -0.375 e. The highest BCUT2D eigenvalue weighted by Gasteiger charge is 2.41. The van der Waals surface area contributed by atoms with Gasteiger partial charge in [0.1, 0.15) is 5.78 Å². The minimum absolute atomic E-state index is 0.131. The first-order valence-corrected chi connectivity index (χ1v) is 15.3. The molecular weight excluding hydrogens is 464 g/mol. The van der Waals surface area contributed by atoms with Crippen molar-refractivity contribution in [1.29, 1.82) is 0 Å². The van der Waals surface area contributed by atoms with E-state index in [9.17, 15) is 4.79 Å². The van der Waals surface area contributed by atoms with E-state index in [2.05, 4.69) is 77.6 Å². The summed E-state index contributed by atoms with van der Waals surface area (Å²) < 4.78 is 6.79. The number of carbonyl (C=O) groups is 1. The third kappa shape index (κ3) is 6.87. The van der Waals surface area contributed by atoms with Crippen molar-refractivity contribution in [2.45, 2.75) is 123 Å². The minimum atomic E-state index is 0.131. The molecule has 1 unspecified atom stereocenters. The molecule has 2 aromatic rings. The fourth-order valence-corrected chi connectivity index (χ4v) is 6.82. The molecule has 2 aliphatic carbocycles. The van der Waals surface area contributed by atoms with Gasteiger partial charge in [0.25, 0.3) is 0 Å². The molecular formula is C36H50O2. The third-order valence-corrected chi connectivity index (χ3v) is 9.18. The molecule has 2 aromatic carbocycles. The smallest absolute Gasteiger partial charge is 0.137 e. The lowest BCUT2D eigenvalue weighted by atomic mass is 9.65. The summed E-state index contributed by atoms with van der Waals surface area (Å²) in [6, 6.07) is 13.3. The van der Waals surface area contributed by atoms with Crippen LogP contribution in [-0.4, -0.2) is 18.0 Å². The van der Waals surface area contributed by atoms with E-state index >= 15 is 0 Å². The first-order valence-electron chi connectivity index (χ1n) is 15.3. The maximum absolute atomic E-state index is 13.8. The predicted octanol–water partition coefficient (Wildman–Crippen LogP) is 9.86. The van der Waals surface area contributed by atoms with Crippen molar-refractivity contribution in [1.82, 2.24) is 0 Å². The summed E-state index contributed by atoms with van der Waals surface area (Å²) in [6.45, 7) is 15.4. The SMILES string of the molecule is C=Cc1cc(-c2cccc(CC(=O)CC3[C@@H](OC(CCC)CCC)CCCC3(C)C)c2C2CC2)ccc1C. The van der Waals surface area contributed by atoms with Crippen LogP contribution in [0.5, 0.6) is 0 Å². The van der Waals surface area contributed by atoms with E-state index < -0.39 is 0 Å². The van der Waals surface area contributed by atoms with Crippen LogP contribution in [0.3, 0.4) is 0 Å². The van der Waals surface area contributed by atoms with Crippen LogP contribution in [0.1, 0.15) is 120 Å². The lowest BCUT2D eigenvalue weighted by molar-refractivity contribution is -0.130. The Morgan fingerprint density at radius 3 is 2.50 bits per heavy atom. The molecule has 0 N–H and O–H groups in total. The zero-order valence-corrected chi connectivity index (χ0v) is 24.7. The molecule has 0 aromatic heterocycles. The summed E-state index contributed by atoms with van der Waals surface area (Å²) >= 11 is 0. The van der Waals surface area contributed by atoms with Gasteiger partial charge in [-0.05, 0) is 102 Å². The summed E-state index contributed by atoms with van der Waals surface area (Å²) in [5, 5.41) is 0. The van der Waals surface area contributed by atoms with E-state index in [-0.39, 0.29) is 11.5 Å². The van der Waals surface area contributed by atoms with E-state index in [0.29, 0.717) is 36.6 Å². The second-order valence-electron chi connectivity index (χ2n) is 12.7. The zero-order valence-electron chi connectivity index (χ0n) is 24.7. The zero-order chi connectivity index (χ0) is 27.3. The lowest BCUT2D eigenvalue weighted by Crippen LogP contribution is -2.43. The Labute approximate surface area is 232 Å². The highest BCUT2D eigenvalue weighted by molar-refractivity contribution is 5.83. The number of ketones is 1. The average Bonchev–Trinajstić information content (AvgIpc) is 3.72. The van der Waals surface area contributed by atoms with Crippen molar-refractivity contribution < 1.29 is 9.53 Å². The monoisotopic (exact) mass is 514 g/mol. The van der Waals surface area contributed by atoms with Crippen LogP contribution in [0.25, 0.3) is 17.2 Å². The van der Waals surface area contributed by atoms with Crippen LogP contribution in [-0.2, 0) is 16.0 Å². The summed E-state index contributed by atoms with van der Waals surface area (Å²) in [7, 11) is 0. The van der Waals surface area contributed by atoms with Crippen molar-refractivity contribution in [3.8, 4) is 11.1 Å². The van der Waals surface area contributed by atoms with E-state index in [1.54, 1.807) is 0 Å². The van der Waals surface area contributed by atoms with Gasteiger partial charge >= 0.3 is 0 Å². The molecule has 2 nitrogen and oxygen atoms in total. The molecule has 38 heavy (non-hydrogen) atoms. The van der Waals surface area contributed by atoms with Crippen molar-refractivity contribution in [3.63, 3.8) is 0 Å². The molecule has 2 aliphatic rings. The second-order valence-corrected chi connectivity index (χ2v) is 12.7. The molecule has 4 rings (SSSR count). The maximum Gasteiger partial charge on any atom is 0.137 e. The summed E-state index contributed by atoms with van der Waals surface area (Å²) in [5.41, 5.74) is 7.73. The lowest BCUT2D eigenvalue weighted by Gasteiger charge is -2.45. The van der Waals surface area contributed by atoms with Crippen molar-refractivity contribution in [3.05, 3.63) is 65.2 Å². The van der Waals surface area contributed by atoms with E-state index in [1.165, 1.54) is 59.1 Å². The molecule has 0 amide bonds. The van der Waals surface area contributed by atoms with Gasteiger partial charge < -0.3 is 4.74 Å². The van der Waals surface area contributed by atoms with Gasteiger partial charge in [-0.1, -0.05) is 89.9 Å². The molecule has 0 bridgehead atoms. The van der Waals surface area contributed by atoms with Crippen molar-refractivity contribution in [2.24, 2.45) is 11.3 Å². The molecule has 0 aliphatic heterocycles. The standard InChI is InChI=1S/C36H50O2/c1-7-12-31(13-8-2)38-34-16-11-21-36(5,6)33(34)24-30(37)23-29-14-10-15-32(35(29)27-19-20-27)28-18-17-25(4)26(9-3)22-28/h9-10,14-15,17-18,22,27,31,33-34H,3,7-8,11-13,16,19-21,23-24H2,1-2,4-6H3/t33?,34-/m0/s1. The van der Waals surface area contributed by atoms with Crippen LogP contribution in [0.2, 0.25) is 0 Å². The normalized spacial score (nSPS) is 21.0. The number of hydrogen-bond donors (Lipinski definition) is 0. The van der Waals surface area contributed by atoms with E-state index in [1.807, 2.05) is 6.08 Å². The molecule has 0 radical (unpaired) electrons. The van der Waals surface area contributed by atoms with Crippen LogP contribution < -0.4 is 0 Å². The van der Waals surface area contributed by atoms with Gasteiger partial charge in [-0.15, -0.1) is 0 Å². The number of rotatable bonds is 13. The third-order valence-electron chi connectivity index (χ3n) is 9.18. The number of benzene rings is 2. The summed E-state index contributed by atoms with van der Waals surface area (Å²) in [5.74, 6) is 1.24. The van der Waals surface area contributed by atoms with Gasteiger partial charge in [0.05, 0.1) is 12.2 Å². The average molecular weight is 515 g/mol. The second kappa shape index (κ2) is 12.8. The predicted molar refractivity (Wildman–Crippen MR) is 162 cm³/mol. The number of Topliss-reactive ketones (excluding diaryl/α,β-unsaturated/α-hetero) is 1. The maximum atomic E-state index is 13.8. The molecule has 2 heteroatoms. The molecule has 0 spiro atoms. The number of ether oxygens (including phenoxy) is 1. The molecule has 0 heterocycles. The number of carbonyl (C=O) groups excluding carboxylic acids is 1. The van der Waals surface area contributed by atoms with Gasteiger partial charge in [-0.25, -0.2) is 0 Å². The van der Waals surface area contributed by atoms with Crippen LogP contribution >= 0.6 is 0 Å². The largest absolute Gasteiger partial charge is 0.375 e. The first-order chi connectivity index (χ1) is 18.3. The van der Waals surface area contributed by atoms with Crippen LogP contribution in [0, 0.1) is 18.3 Å². The highest BCUT2D eigenvalue weighted by atomic mass is 16.5. The van der Waals surface area contributed by atoms with Gasteiger partial charge in [0.2, 0.25) is 0 Å². The molecule has 2 atom stereocenters. The van der Waals surface area contributed by atoms with Crippen LogP contribution in [0.15, 0.2) is 43.0 Å². The fraction of sp³-hybridized carbons (Fsp3) is 0.583.